The molecule has 3 heteroatoms. The highest BCUT2D eigenvalue weighted by Gasteiger charge is 1.74. The van der Waals surface area contributed by atoms with E-state index in [9.17, 15) is 0 Å². The fourth-order valence-electron chi connectivity index (χ4n) is 0.428. The summed E-state index contributed by atoms with van der Waals surface area (Å²) in [6.45, 7) is 0. The summed E-state index contributed by atoms with van der Waals surface area (Å²) < 4.78 is 0. The van der Waals surface area contributed by atoms with Crippen LogP contribution in [0.1, 0.15) is 0 Å². The number of phenols is 1. The van der Waals surface area contributed by atoms with Gasteiger partial charge in [0.1, 0.15) is 5.75 Å². The first kappa shape index (κ1) is 8.31. The number of hydrogen-bond donors (Lipinski definition) is 2. The maximum absolute atomic E-state index is 8.63. The van der Waals surface area contributed by atoms with Crippen molar-refractivity contribution in [1.29, 1.82) is 5.26 Å². The van der Waals surface area contributed by atoms with Gasteiger partial charge in [0, 0.05) is 0 Å². The van der Waals surface area contributed by atoms with Gasteiger partial charge >= 0.3 is 0 Å². The number of nitrogens with two attached hydrogens (primary N) is 1. The van der Waals surface area contributed by atoms with E-state index in [4.69, 9.17) is 10.4 Å². The Morgan fingerprint density at radius 3 is 1.90 bits per heavy atom. The molecule has 0 fully saturated rings. The van der Waals surface area contributed by atoms with Crippen LogP contribution in [0, 0.1) is 11.5 Å². The molecular weight excluding hydrogens is 128 g/mol. The summed E-state index contributed by atoms with van der Waals surface area (Å²) in [6, 6.07) is 8.71. The van der Waals surface area contributed by atoms with E-state index in [0.29, 0.717) is 5.75 Å². The number of aromatic hydroxyl groups is 1. The molecule has 0 bridgehead atoms. The van der Waals surface area contributed by atoms with Crippen molar-refractivity contribution in [3.63, 3.8) is 0 Å². The van der Waals surface area contributed by atoms with E-state index in [-0.39, 0.29) is 0 Å². The quantitative estimate of drug-likeness (QED) is 0.409. The lowest BCUT2D eigenvalue weighted by molar-refractivity contribution is 0.475. The van der Waals surface area contributed by atoms with Crippen LogP contribution in [0.4, 0.5) is 0 Å². The van der Waals surface area contributed by atoms with Crippen LogP contribution in [-0.4, -0.2) is 5.11 Å². The van der Waals surface area contributed by atoms with Crippen molar-refractivity contribution in [2.75, 3.05) is 0 Å². The first-order chi connectivity index (χ1) is 4.81. The van der Waals surface area contributed by atoms with Gasteiger partial charge in [0.15, 0.2) is 6.19 Å². The fraction of sp³-hybridized carbons (Fsp3) is 0. The van der Waals surface area contributed by atoms with Crippen LogP contribution in [-0.2, 0) is 0 Å². The fourth-order valence-corrected chi connectivity index (χ4v) is 0.428. The molecule has 0 saturated carbocycles. The molecule has 3 nitrogen and oxygen atoms in total. The van der Waals surface area contributed by atoms with E-state index in [1.165, 1.54) is 6.19 Å². The summed E-state index contributed by atoms with van der Waals surface area (Å²) >= 11 is 0. The van der Waals surface area contributed by atoms with E-state index >= 15 is 0 Å². The van der Waals surface area contributed by atoms with Gasteiger partial charge in [0.25, 0.3) is 0 Å². The zero-order valence-corrected chi connectivity index (χ0v) is 5.36. The zero-order chi connectivity index (χ0) is 7.82. The van der Waals surface area contributed by atoms with Crippen molar-refractivity contribution < 1.29 is 5.11 Å². The van der Waals surface area contributed by atoms with Crippen molar-refractivity contribution >= 4 is 0 Å². The van der Waals surface area contributed by atoms with E-state index in [1.54, 1.807) is 24.3 Å². The molecule has 3 N–H and O–H groups in total. The Morgan fingerprint density at radius 2 is 1.70 bits per heavy atom. The summed E-state index contributed by atoms with van der Waals surface area (Å²) in [5.74, 6) is 0.322. The van der Waals surface area contributed by atoms with Crippen LogP contribution in [0.15, 0.2) is 30.3 Å². The normalized spacial score (nSPS) is 6.70. The number of benzene rings is 1. The van der Waals surface area contributed by atoms with Crippen molar-refractivity contribution in [1.82, 2.24) is 0 Å². The van der Waals surface area contributed by atoms with Gasteiger partial charge in [-0.25, -0.2) is 0 Å². The third-order valence-electron chi connectivity index (χ3n) is 0.756. The first-order valence-corrected chi connectivity index (χ1v) is 2.65. The Labute approximate surface area is 59.3 Å². The third kappa shape index (κ3) is 4.47. The summed E-state index contributed by atoms with van der Waals surface area (Å²) in [5.41, 5.74) is 4.15. The molecule has 0 aliphatic heterocycles. The minimum atomic E-state index is 0.322. The van der Waals surface area contributed by atoms with Gasteiger partial charge in [0.2, 0.25) is 0 Å². The van der Waals surface area contributed by atoms with E-state index in [1.807, 2.05) is 6.07 Å². The van der Waals surface area contributed by atoms with Gasteiger partial charge < -0.3 is 10.8 Å². The van der Waals surface area contributed by atoms with E-state index in [0.717, 1.165) is 0 Å². The second kappa shape index (κ2) is 5.45. The predicted molar refractivity (Wildman–Crippen MR) is 37.9 cm³/mol. The topological polar surface area (TPSA) is 70.0 Å². The summed E-state index contributed by atoms with van der Waals surface area (Å²) in [5, 5.41) is 15.7. The van der Waals surface area contributed by atoms with E-state index < -0.39 is 0 Å². The van der Waals surface area contributed by atoms with Gasteiger partial charge in [0.05, 0.1) is 0 Å². The molecule has 0 spiro atoms. The number of phenolic OH excluding ortho intramolecular Hbond substituents is 1. The molecule has 0 aliphatic carbocycles. The molecule has 0 heterocycles. The molecule has 1 rings (SSSR count). The monoisotopic (exact) mass is 136 g/mol. The van der Waals surface area contributed by atoms with Crippen molar-refractivity contribution in [2.24, 2.45) is 5.73 Å². The Bertz CT molecular complexity index is 203. The number of nitrogens with zero attached hydrogens (tertiary/aromatic N) is 1. The highest BCUT2D eigenvalue weighted by atomic mass is 16.3. The molecule has 0 aromatic heterocycles. The summed E-state index contributed by atoms with van der Waals surface area (Å²) in [6.07, 6.45) is 1.25. The first-order valence-electron chi connectivity index (χ1n) is 2.65. The minimum Gasteiger partial charge on any atom is -0.508 e. The molecule has 0 unspecified atom stereocenters. The maximum atomic E-state index is 8.63. The van der Waals surface area contributed by atoms with Crippen LogP contribution in [0.25, 0.3) is 0 Å². The maximum Gasteiger partial charge on any atom is 0.173 e. The van der Waals surface area contributed by atoms with Crippen molar-refractivity contribution in [2.45, 2.75) is 0 Å². The molecule has 0 atom stereocenters. The standard InChI is InChI=1S/C6H6O.CH2N2/c7-6-4-2-1-3-5-6;2-1-3/h1-5,7H;2H2. The molecule has 52 valence electrons. The third-order valence-corrected chi connectivity index (χ3v) is 0.756. The van der Waals surface area contributed by atoms with Gasteiger partial charge in [-0.2, -0.15) is 5.26 Å². The minimum absolute atomic E-state index is 0.322. The Kier molecular flexibility index (Phi) is 4.53. The van der Waals surface area contributed by atoms with Gasteiger partial charge in [-0.1, -0.05) is 18.2 Å². The van der Waals surface area contributed by atoms with Crippen LogP contribution in [0.2, 0.25) is 0 Å². The Balaban J connectivity index is 0.000000236. The second-order valence-electron chi connectivity index (χ2n) is 1.46. The number of rotatable bonds is 0. The number of nitriles is 1. The highest BCUT2D eigenvalue weighted by molar-refractivity contribution is 5.18. The SMILES string of the molecule is N#CN.Oc1ccccc1. The average Bonchev–Trinajstić information content (AvgIpc) is 1.91. The lowest BCUT2D eigenvalue weighted by atomic mass is 10.3. The second-order valence-corrected chi connectivity index (χ2v) is 1.46. The molecule has 0 radical (unpaired) electrons. The van der Waals surface area contributed by atoms with Crippen LogP contribution in [0.5, 0.6) is 5.75 Å². The zero-order valence-electron chi connectivity index (χ0n) is 5.36. The van der Waals surface area contributed by atoms with Crippen molar-refractivity contribution in [3.05, 3.63) is 30.3 Å². The summed E-state index contributed by atoms with van der Waals surface area (Å²) in [4.78, 5) is 0. The average molecular weight is 136 g/mol. The van der Waals surface area contributed by atoms with E-state index in [2.05, 4.69) is 5.73 Å². The molecule has 10 heavy (non-hydrogen) atoms. The van der Waals surface area contributed by atoms with Crippen molar-refractivity contribution in [3.8, 4) is 11.9 Å². The largest absolute Gasteiger partial charge is 0.508 e. The lowest BCUT2D eigenvalue weighted by Crippen LogP contribution is -1.69. The van der Waals surface area contributed by atoms with Gasteiger partial charge in [-0.15, -0.1) is 0 Å². The predicted octanol–water partition coefficient (Wildman–Crippen LogP) is 0.818. The molecular formula is C7H8N2O. The number of hydrogen-bond acceptors (Lipinski definition) is 3. The molecule has 0 amide bonds. The molecule has 1 aromatic rings. The molecule has 0 saturated heterocycles. The number of para-hydroxylation sites is 1. The van der Waals surface area contributed by atoms with Gasteiger partial charge in [-0.05, 0) is 12.1 Å². The highest BCUT2D eigenvalue weighted by Crippen LogP contribution is 2.02. The Hall–Kier alpha value is -1.69. The summed E-state index contributed by atoms with van der Waals surface area (Å²) in [7, 11) is 0. The lowest BCUT2D eigenvalue weighted by Gasteiger charge is -1.82. The smallest absolute Gasteiger partial charge is 0.173 e. The molecule has 0 aliphatic rings. The van der Waals surface area contributed by atoms with Crippen LogP contribution >= 0.6 is 0 Å². The Morgan fingerprint density at radius 1 is 1.30 bits per heavy atom. The molecule has 1 aromatic carbocycles. The van der Waals surface area contributed by atoms with Crippen LogP contribution in [0.3, 0.4) is 0 Å². The van der Waals surface area contributed by atoms with Crippen LogP contribution < -0.4 is 5.73 Å². The van der Waals surface area contributed by atoms with Gasteiger partial charge in [-0.3, -0.25) is 0 Å².